The summed E-state index contributed by atoms with van der Waals surface area (Å²) in [6.45, 7) is 11.2. The van der Waals surface area contributed by atoms with Gasteiger partial charge in [-0.3, -0.25) is 9.58 Å². The first kappa shape index (κ1) is 17.2. The summed E-state index contributed by atoms with van der Waals surface area (Å²) in [6.07, 6.45) is 1.14. The molecule has 0 atom stereocenters. The first-order valence-electron chi connectivity index (χ1n) is 8.35. The highest BCUT2D eigenvalue weighted by molar-refractivity contribution is 6.29. The molecule has 0 unspecified atom stereocenters. The lowest BCUT2D eigenvalue weighted by atomic mass is 9.98. The standard InChI is InChI=1S/C15H25ClN8/c1-5-15(2,3)23-8-6-22(7-9-23)14-17-19-20-24(14)11-12-10-13(16)21(4)18-12/h10H,5-9,11H2,1-4H3. The Morgan fingerprint density at radius 2 is 1.92 bits per heavy atom. The first-order valence-corrected chi connectivity index (χ1v) is 8.73. The van der Waals surface area contributed by atoms with Crippen LogP contribution < -0.4 is 4.90 Å². The summed E-state index contributed by atoms with van der Waals surface area (Å²) in [6, 6.07) is 1.84. The van der Waals surface area contributed by atoms with E-state index in [1.807, 2.05) is 13.1 Å². The van der Waals surface area contributed by atoms with E-state index in [0.717, 1.165) is 44.2 Å². The average molecular weight is 353 g/mol. The summed E-state index contributed by atoms with van der Waals surface area (Å²) in [7, 11) is 1.82. The SMILES string of the molecule is CCC(C)(C)N1CCN(c2nnnn2Cc2cc(Cl)n(C)n2)CC1. The van der Waals surface area contributed by atoms with Crippen LogP contribution in [0.15, 0.2) is 6.07 Å². The van der Waals surface area contributed by atoms with Gasteiger partial charge in [0.05, 0.1) is 12.2 Å². The van der Waals surface area contributed by atoms with Gasteiger partial charge in [-0.2, -0.15) is 5.10 Å². The minimum atomic E-state index is 0.239. The molecule has 0 spiro atoms. The normalized spacial score (nSPS) is 16.8. The van der Waals surface area contributed by atoms with Crippen molar-refractivity contribution in [2.24, 2.45) is 7.05 Å². The van der Waals surface area contributed by atoms with Gasteiger partial charge in [-0.25, -0.2) is 4.68 Å². The Kier molecular flexibility index (Phi) is 4.78. The van der Waals surface area contributed by atoms with Crippen LogP contribution in [0.2, 0.25) is 5.15 Å². The van der Waals surface area contributed by atoms with Crippen LogP contribution in [0.1, 0.15) is 32.9 Å². The molecular formula is C15H25ClN8. The molecule has 2 aromatic rings. The Hall–Kier alpha value is -1.67. The fourth-order valence-electron chi connectivity index (χ4n) is 3.00. The number of rotatable bonds is 5. The van der Waals surface area contributed by atoms with Crippen LogP contribution in [0.5, 0.6) is 0 Å². The molecule has 3 rings (SSSR count). The fourth-order valence-corrected chi connectivity index (χ4v) is 3.16. The predicted octanol–water partition coefficient (Wildman–Crippen LogP) is 1.42. The molecule has 24 heavy (non-hydrogen) atoms. The summed E-state index contributed by atoms with van der Waals surface area (Å²) in [5, 5.41) is 17.2. The van der Waals surface area contributed by atoms with Crippen LogP contribution >= 0.6 is 11.6 Å². The van der Waals surface area contributed by atoms with Gasteiger partial charge in [-0.05, 0) is 30.7 Å². The summed E-state index contributed by atoms with van der Waals surface area (Å²) >= 11 is 6.05. The molecule has 0 saturated carbocycles. The first-order chi connectivity index (χ1) is 11.4. The van der Waals surface area contributed by atoms with E-state index < -0.39 is 0 Å². The van der Waals surface area contributed by atoms with Gasteiger partial charge in [-0.15, -0.1) is 0 Å². The molecule has 9 heteroatoms. The second-order valence-corrected chi connectivity index (χ2v) is 7.25. The van der Waals surface area contributed by atoms with E-state index in [0.29, 0.717) is 11.7 Å². The van der Waals surface area contributed by atoms with E-state index in [2.05, 4.69) is 51.2 Å². The lowest BCUT2D eigenvalue weighted by Crippen LogP contribution is -2.54. The van der Waals surface area contributed by atoms with E-state index in [1.54, 1.807) is 9.36 Å². The number of aromatic nitrogens is 6. The molecule has 0 N–H and O–H groups in total. The minimum Gasteiger partial charge on any atom is -0.337 e. The van der Waals surface area contributed by atoms with Crippen molar-refractivity contribution >= 4 is 17.5 Å². The third kappa shape index (κ3) is 3.39. The van der Waals surface area contributed by atoms with Crippen molar-refractivity contribution in [3.63, 3.8) is 0 Å². The third-order valence-corrected chi connectivity index (χ3v) is 5.34. The number of piperazine rings is 1. The van der Waals surface area contributed by atoms with E-state index in [4.69, 9.17) is 11.6 Å². The average Bonchev–Trinajstić information content (AvgIpc) is 3.14. The number of tetrazole rings is 1. The molecule has 1 aliphatic rings. The number of anilines is 1. The van der Waals surface area contributed by atoms with E-state index in [1.165, 1.54) is 0 Å². The third-order valence-electron chi connectivity index (χ3n) is 4.98. The molecule has 0 bridgehead atoms. The Bertz CT molecular complexity index is 664. The largest absolute Gasteiger partial charge is 0.337 e. The van der Waals surface area contributed by atoms with Crippen molar-refractivity contribution in [3.8, 4) is 0 Å². The van der Waals surface area contributed by atoms with Crippen LogP contribution in [-0.2, 0) is 13.6 Å². The van der Waals surface area contributed by atoms with Crippen LogP contribution in [0.4, 0.5) is 5.95 Å². The lowest BCUT2D eigenvalue weighted by molar-refractivity contribution is 0.107. The molecule has 132 valence electrons. The van der Waals surface area contributed by atoms with Crippen LogP contribution in [-0.4, -0.2) is 66.6 Å². The molecule has 8 nitrogen and oxygen atoms in total. The zero-order valence-electron chi connectivity index (χ0n) is 14.8. The van der Waals surface area contributed by atoms with Gasteiger partial charge < -0.3 is 4.90 Å². The summed E-state index contributed by atoms with van der Waals surface area (Å²) < 4.78 is 3.44. The summed E-state index contributed by atoms with van der Waals surface area (Å²) in [5.41, 5.74) is 1.09. The van der Waals surface area contributed by atoms with Gasteiger partial charge in [0.15, 0.2) is 0 Å². The molecule has 3 heterocycles. The van der Waals surface area contributed by atoms with Gasteiger partial charge >= 0.3 is 0 Å². The van der Waals surface area contributed by atoms with Crippen LogP contribution in [0.25, 0.3) is 0 Å². The molecule has 2 aromatic heterocycles. The molecule has 0 aliphatic carbocycles. The van der Waals surface area contributed by atoms with Crippen molar-refractivity contribution in [2.75, 3.05) is 31.1 Å². The van der Waals surface area contributed by atoms with Crippen LogP contribution in [0, 0.1) is 0 Å². The topological polar surface area (TPSA) is 67.9 Å². The number of nitrogens with zero attached hydrogens (tertiary/aromatic N) is 8. The smallest absolute Gasteiger partial charge is 0.246 e. The molecule has 1 fully saturated rings. The summed E-state index contributed by atoms with van der Waals surface area (Å²) in [5.74, 6) is 0.797. The quantitative estimate of drug-likeness (QED) is 0.810. The monoisotopic (exact) mass is 352 g/mol. The maximum absolute atomic E-state index is 6.05. The highest BCUT2D eigenvalue weighted by Gasteiger charge is 2.29. The van der Waals surface area contributed by atoms with Crippen molar-refractivity contribution in [1.29, 1.82) is 0 Å². The molecule has 0 amide bonds. The Balaban J connectivity index is 1.68. The molecule has 0 aromatic carbocycles. The van der Waals surface area contributed by atoms with Gasteiger partial charge in [0, 0.05) is 44.8 Å². The van der Waals surface area contributed by atoms with Crippen LogP contribution in [0.3, 0.4) is 0 Å². The molecule has 0 radical (unpaired) electrons. The van der Waals surface area contributed by atoms with Gasteiger partial charge in [-0.1, -0.05) is 23.6 Å². The predicted molar refractivity (Wildman–Crippen MR) is 93.3 cm³/mol. The van der Waals surface area contributed by atoms with Crippen molar-refractivity contribution in [3.05, 3.63) is 16.9 Å². The Morgan fingerprint density at radius 1 is 1.21 bits per heavy atom. The Labute approximate surface area is 147 Å². The molecule has 1 aliphatic heterocycles. The van der Waals surface area contributed by atoms with E-state index >= 15 is 0 Å². The maximum Gasteiger partial charge on any atom is 0.246 e. The highest BCUT2D eigenvalue weighted by Crippen LogP contribution is 2.22. The van der Waals surface area contributed by atoms with Crippen molar-refractivity contribution in [2.45, 2.75) is 39.3 Å². The lowest BCUT2D eigenvalue weighted by Gasteiger charge is -2.43. The number of halogens is 1. The second kappa shape index (κ2) is 6.68. The fraction of sp³-hybridized carbons (Fsp3) is 0.733. The number of hydrogen-bond acceptors (Lipinski definition) is 6. The van der Waals surface area contributed by atoms with Crippen molar-refractivity contribution in [1.82, 2.24) is 34.9 Å². The number of hydrogen-bond donors (Lipinski definition) is 0. The molecule has 1 saturated heterocycles. The molecular weight excluding hydrogens is 328 g/mol. The van der Waals surface area contributed by atoms with Gasteiger partial charge in [0.2, 0.25) is 5.95 Å². The minimum absolute atomic E-state index is 0.239. The van der Waals surface area contributed by atoms with E-state index in [9.17, 15) is 0 Å². The number of aryl methyl sites for hydroxylation is 1. The zero-order valence-corrected chi connectivity index (χ0v) is 15.5. The van der Waals surface area contributed by atoms with Crippen molar-refractivity contribution < 1.29 is 0 Å². The summed E-state index contributed by atoms with van der Waals surface area (Å²) in [4.78, 5) is 4.78. The van der Waals surface area contributed by atoms with Gasteiger partial charge in [0.1, 0.15) is 5.15 Å². The highest BCUT2D eigenvalue weighted by atomic mass is 35.5. The maximum atomic E-state index is 6.05. The zero-order chi connectivity index (χ0) is 17.3. The Morgan fingerprint density at radius 3 is 2.50 bits per heavy atom. The second-order valence-electron chi connectivity index (χ2n) is 6.86. The van der Waals surface area contributed by atoms with E-state index in [-0.39, 0.29) is 5.54 Å². The van der Waals surface area contributed by atoms with Gasteiger partial charge in [0.25, 0.3) is 0 Å².